The number of carbonyl (C=O) groups excluding carboxylic acids is 1. The molecular weight excluding hydrogens is 334 g/mol. The Hall–Kier alpha value is -2.49. The largest absolute Gasteiger partial charge is 0.385 e. The van der Waals surface area contributed by atoms with E-state index in [4.69, 9.17) is 0 Å². The Labute approximate surface area is 161 Å². The van der Waals surface area contributed by atoms with E-state index in [-0.39, 0.29) is 5.78 Å². The van der Waals surface area contributed by atoms with Crippen molar-refractivity contribution in [3.63, 3.8) is 0 Å². The summed E-state index contributed by atoms with van der Waals surface area (Å²) in [5.41, 5.74) is 0.881. The van der Waals surface area contributed by atoms with Crippen LogP contribution in [0.4, 0.5) is 0 Å². The van der Waals surface area contributed by atoms with Crippen molar-refractivity contribution >= 4 is 17.9 Å². The summed E-state index contributed by atoms with van der Waals surface area (Å²) in [7, 11) is 0. The zero-order valence-electron chi connectivity index (χ0n) is 15.8. The zero-order chi connectivity index (χ0) is 19.1. The third kappa shape index (κ3) is 5.03. The van der Waals surface area contributed by atoms with Crippen LogP contribution in [0.1, 0.15) is 24.5 Å². The molecule has 0 aromatic heterocycles. The summed E-state index contributed by atoms with van der Waals surface area (Å²) in [5, 5.41) is 11.3. The molecule has 0 amide bonds. The third-order valence-corrected chi connectivity index (χ3v) is 5.27. The highest BCUT2D eigenvalue weighted by Crippen LogP contribution is 2.31. The van der Waals surface area contributed by atoms with Crippen molar-refractivity contribution in [1.82, 2.24) is 4.90 Å². The van der Waals surface area contributed by atoms with Crippen LogP contribution >= 0.6 is 0 Å². The average Bonchev–Trinajstić information content (AvgIpc) is 2.72. The summed E-state index contributed by atoms with van der Waals surface area (Å²) in [5.74, 6) is -0.497. The van der Waals surface area contributed by atoms with Crippen LogP contribution in [0.25, 0.3) is 12.2 Å². The lowest BCUT2D eigenvalue weighted by Gasteiger charge is -2.41. The van der Waals surface area contributed by atoms with Crippen molar-refractivity contribution < 1.29 is 9.90 Å². The van der Waals surface area contributed by atoms with E-state index in [0.29, 0.717) is 13.0 Å². The monoisotopic (exact) mass is 361 g/mol. The molecule has 0 spiro atoms. The van der Waals surface area contributed by atoms with Crippen molar-refractivity contribution in [2.45, 2.75) is 18.9 Å². The summed E-state index contributed by atoms with van der Waals surface area (Å²) >= 11 is 0. The van der Waals surface area contributed by atoms with E-state index in [0.717, 1.165) is 24.2 Å². The smallest absolute Gasteiger partial charge is 0.163 e. The maximum absolute atomic E-state index is 13.0. The predicted octanol–water partition coefficient (Wildman–Crippen LogP) is 4.06. The van der Waals surface area contributed by atoms with Crippen LogP contribution in [-0.2, 0) is 4.79 Å². The Kier molecular flexibility index (Phi) is 6.38. The molecule has 1 heterocycles. The molecule has 0 unspecified atom stereocenters. The fraction of sp³-hybridized carbons (Fsp3) is 0.292. The second kappa shape index (κ2) is 8.94. The van der Waals surface area contributed by atoms with E-state index in [1.54, 1.807) is 6.08 Å². The van der Waals surface area contributed by atoms with Crippen LogP contribution in [0.3, 0.4) is 0 Å². The van der Waals surface area contributed by atoms with Crippen molar-refractivity contribution in [3.05, 3.63) is 83.9 Å². The zero-order valence-corrected chi connectivity index (χ0v) is 15.8. The molecule has 0 bridgehead atoms. The molecule has 1 fully saturated rings. The van der Waals surface area contributed by atoms with E-state index >= 15 is 0 Å². The van der Waals surface area contributed by atoms with Crippen molar-refractivity contribution in [3.8, 4) is 0 Å². The molecule has 27 heavy (non-hydrogen) atoms. The van der Waals surface area contributed by atoms with Crippen LogP contribution < -0.4 is 0 Å². The predicted molar refractivity (Wildman–Crippen MR) is 111 cm³/mol. The molecule has 2 aromatic rings. The van der Waals surface area contributed by atoms with Gasteiger partial charge in [-0.3, -0.25) is 4.79 Å². The molecule has 0 aliphatic carbocycles. The number of piperidine rings is 1. The summed E-state index contributed by atoms with van der Waals surface area (Å²) < 4.78 is 0. The van der Waals surface area contributed by atoms with E-state index in [1.807, 2.05) is 78.9 Å². The Bertz CT molecular complexity index is 798. The molecular formula is C24H27NO2. The summed E-state index contributed by atoms with van der Waals surface area (Å²) in [6.45, 7) is 4.33. The molecule has 2 aromatic carbocycles. The highest BCUT2D eigenvalue weighted by Gasteiger charge is 2.42. The van der Waals surface area contributed by atoms with Gasteiger partial charge < -0.3 is 10.0 Å². The van der Waals surface area contributed by atoms with Gasteiger partial charge in [0.25, 0.3) is 0 Å². The standard InChI is InChI=1S/C24H27NO2/c1-2-25-18-17-24(27,16-15-21-11-7-4-8-12-21)22(19-25)23(26)14-13-20-9-5-3-6-10-20/h3-16,22,27H,2,17-19H2,1H3/b14-13+,16-15+/t22-,24+/m0/s1. The van der Waals surface area contributed by atoms with Crippen molar-refractivity contribution in [2.24, 2.45) is 5.92 Å². The number of hydrogen-bond acceptors (Lipinski definition) is 3. The van der Waals surface area contributed by atoms with Gasteiger partial charge in [0.15, 0.2) is 5.78 Å². The molecule has 3 rings (SSSR count). The van der Waals surface area contributed by atoms with E-state index in [1.165, 1.54) is 0 Å². The minimum absolute atomic E-state index is 0.0304. The van der Waals surface area contributed by atoms with E-state index < -0.39 is 11.5 Å². The first-order valence-corrected chi connectivity index (χ1v) is 9.57. The van der Waals surface area contributed by atoms with Gasteiger partial charge in [-0.2, -0.15) is 0 Å². The number of rotatable bonds is 6. The number of aliphatic hydroxyl groups is 1. The Morgan fingerprint density at radius 3 is 2.26 bits per heavy atom. The van der Waals surface area contributed by atoms with Gasteiger partial charge in [-0.15, -0.1) is 0 Å². The highest BCUT2D eigenvalue weighted by atomic mass is 16.3. The van der Waals surface area contributed by atoms with Gasteiger partial charge in [-0.25, -0.2) is 0 Å². The van der Waals surface area contributed by atoms with Gasteiger partial charge in [0.1, 0.15) is 0 Å². The maximum Gasteiger partial charge on any atom is 0.163 e. The first-order chi connectivity index (χ1) is 13.1. The number of nitrogens with zero attached hydrogens (tertiary/aromatic N) is 1. The molecule has 1 N–H and O–H groups in total. The first-order valence-electron chi connectivity index (χ1n) is 9.57. The number of benzene rings is 2. The number of likely N-dealkylation sites (tertiary alicyclic amines) is 1. The molecule has 3 heteroatoms. The topological polar surface area (TPSA) is 40.5 Å². The van der Waals surface area contributed by atoms with E-state index in [2.05, 4.69) is 11.8 Å². The highest BCUT2D eigenvalue weighted by molar-refractivity contribution is 5.96. The Morgan fingerprint density at radius 1 is 1.07 bits per heavy atom. The number of allylic oxidation sites excluding steroid dienone is 1. The van der Waals surface area contributed by atoms with Crippen LogP contribution in [0.5, 0.6) is 0 Å². The maximum atomic E-state index is 13.0. The minimum Gasteiger partial charge on any atom is -0.385 e. The van der Waals surface area contributed by atoms with Gasteiger partial charge in [0.2, 0.25) is 0 Å². The van der Waals surface area contributed by atoms with Gasteiger partial charge in [0.05, 0.1) is 11.5 Å². The number of carbonyl (C=O) groups is 1. The number of hydrogen-bond donors (Lipinski definition) is 1. The molecule has 0 saturated carbocycles. The summed E-state index contributed by atoms with van der Waals surface area (Å²) in [6, 6.07) is 19.7. The fourth-order valence-corrected chi connectivity index (χ4v) is 3.51. The van der Waals surface area contributed by atoms with E-state index in [9.17, 15) is 9.90 Å². The second-order valence-electron chi connectivity index (χ2n) is 7.08. The van der Waals surface area contributed by atoms with Crippen LogP contribution in [0.2, 0.25) is 0 Å². The minimum atomic E-state index is -1.13. The molecule has 1 aliphatic rings. The lowest BCUT2D eigenvalue weighted by atomic mass is 9.77. The molecule has 0 radical (unpaired) electrons. The van der Waals surface area contributed by atoms with Crippen LogP contribution in [0, 0.1) is 5.92 Å². The molecule has 140 valence electrons. The summed E-state index contributed by atoms with van der Waals surface area (Å²) in [4.78, 5) is 15.2. The molecule has 2 atom stereocenters. The van der Waals surface area contributed by atoms with Gasteiger partial charge >= 0.3 is 0 Å². The second-order valence-corrected chi connectivity index (χ2v) is 7.08. The quantitative estimate of drug-likeness (QED) is 0.789. The van der Waals surface area contributed by atoms with Gasteiger partial charge in [0, 0.05) is 13.1 Å². The molecule has 1 aliphatic heterocycles. The average molecular weight is 361 g/mol. The Morgan fingerprint density at radius 2 is 1.67 bits per heavy atom. The Balaban J connectivity index is 1.81. The van der Waals surface area contributed by atoms with Crippen LogP contribution in [-0.4, -0.2) is 41.0 Å². The van der Waals surface area contributed by atoms with Crippen molar-refractivity contribution in [1.29, 1.82) is 0 Å². The molecule has 1 saturated heterocycles. The SMILES string of the molecule is CCN1CC[C@](O)(/C=C/c2ccccc2)[C@H](C(=O)/C=C/c2ccccc2)C1. The lowest BCUT2D eigenvalue weighted by molar-refractivity contribution is -0.129. The lowest BCUT2D eigenvalue weighted by Crippen LogP contribution is -2.53. The van der Waals surface area contributed by atoms with Crippen LogP contribution in [0.15, 0.2) is 72.8 Å². The fourth-order valence-electron chi connectivity index (χ4n) is 3.51. The number of ketones is 1. The first kappa shape index (κ1) is 19.3. The summed E-state index contributed by atoms with van der Waals surface area (Å²) in [6.07, 6.45) is 7.73. The molecule has 3 nitrogen and oxygen atoms in total. The third-order valence-electron chi connectivity index (χ3n) is 5.27. The van der Waals surface area contributed by atoms with Crippen molar-refractivity contribution in [2.75, 3.05) is 19.6 Å². The normalized spacial score (nSPS) is 23.9. The van der Waals surface area contributed by atoms with Gasteiger partial charge in [-0.1, -0.05) is 85.8 Å². The van der Waals surface area contributed by atoms with Gasteiger partial charge in [-0.05, 0) is 30.2 Å².